The van der Waals surface area contributed by atoms with Gasteiger partial charge in [-0.05, 0) is 19.8 Å². The molecule has 22 heavy (non-hydrogen) atoms. The molecule has 2 aliphatic heterocycles. The van der Waals surface area contributed by atoms with E-state index in [4.69, 9.17) is 15.2 Å². The second-order valence-electron chi connectivity index (χ2n) is 5.88. The second kappa shape index (κ2) is 10.6. The van der Waals surface area contributed by atoms with Crippen LogP contribution in [0.3, 0.4) is 0 Å². The first-order valence-electron chi connectivity index (χ1n) is 7.55. The van der Waals surface area contributed by atoms with Crippen molar-refractivity contribution in [3.8, 4) is 0 Å². The summed E-state index contributed by atoms with van der Waals surface area (Å²) in [4.78, 5) is 14.8. The summed E-state index contributed by atoms with van der Waals surface area (Å²) in [7, 11) is 0. The maximum atomic E-state index is 12.5. The van der Waals surface area contributed by atoms with Crippen molar-refractivity contribution in [2.24, 2.45) is 11.1 Å². The SMILES string of the molecule is CC(CN1CCOCC1)NC(=O)C1(CN)CCOCC1.Cl.Cl. The van der Waals surface area contributed by atoms with E-state index in [9.17, 15) is 4.79 Å². The quantitative estimate of drug-likeness (QED) is 0.745. The Bertz CT molecular complexity index is 322. The Kier molecular flexibility index (Phi) is 10.6. The summed E-state index contributed by atoms with van der Waals surface area (Å²) in [6, 6.07) is 0.131. The highest BCUT2D eigenvalue weighted by atomic mass is 35.5. The standard InChI is InChI=1S/C14H27N3O3.2ClH/c1-12(10-17-4-8-20-9-5-17)16-13(18)14(11-15)2-6-19-7-3-14;;/h12H,2-11,15H2,1H3,(H,16,18);2*1H. The van der Waals surface area contributed by atoms with E-state index < -0.39 is 5.41 Å². The molecule has 1 atom stereocenters. The molecule has 2 saturated heterocycles. The Hall–Kier alpha value is -0.110. The van der Waals surface area contributed by atoms with Crippen LogP contribution in [0.25, 0.3) is 0 Å². The number of halogens is 2. The Morgan fingerprint density at radius 2 is 1.73 bits per heavy atom. The van der Waals surface area contributed by atoms with Crippen molar-refractivity contribution < 1.29 is 14.3 Å². The van der Waals surface area contributed by atoms with Gasteiger partial charge in [0.2, 0.25) is 5.91 Å². The van der Waals surface area contributed by atoms with Crippen molar-refractivity contribution in [3.63, 3.8) is 0 Å². The molecular formula is C14H29Cl2N3O3. The average molecular weight is 358 g/mol. The van der Waals surface area contributed by atoms with Gasteiger partial charge in [0.1, 0.15) is 0 Å². The fourth-order valence-electron chi connectivity index (χ4n) is 2.88. The van der Waals surface area contributed by atoms with E-state index in [-0.39, 0.29) is 36.8 Å². The van der Waals surface area contributed by atoms with Crippen LogP contribution in [0, 0.1) is 5.41 Å². The van der Waals surface area contributed by atoms with Crippen molar-refractivity contribution in [1.82, 2.24) is 10.2 Å². The molecule has 0 aromatic carbocycles. The molecule has 2 aliphatic rings. The smallest absolute Gasteiger partial charge is 0.227 e. The van der Waals surface area contributed by atoms with Crippen LogP contribution in [0.15, 0.2) is 0 Å². The highest BCUT2D eigenvalue weighted by Gasteiger charge is 2.39. The summed E-state index contributed by atoms with van der Waals surface area (Å²) >= 11 is 0. The van der Waals surface area contributed by atoms with Crippen LogP contribution in [0.1, 0.15) is 19.8 Å². The molecule has 0 bridgehead atoms. The number of nitrogens with one attached hydrogen (secondary N) is 1. The van der Waals surface area contributed by atoms with Crippen LogP contribution in [0.4, 0.5) is 0 Å². The van der Waals surface area contributed by atoms with E-state index in [1.165, 1.54) is 0 Å². The van der Waals surface area contributed by atoms with Crippen LogP contribution in [0.5, 0.6) is 0 Å². The number of ether oxygens (including phenoxy) is 2. The molecule has 3 N–H and O–H groups in total. The second-order valence-corrected chi connectivity index (χ2v) is 5.88. The van der Waals surface area contributed by atoms with Gasteiger partial charge in [-0.1, -0.05) is 0 Å². The van der Waals surface area contributed by atoms with Gasteiger partial charge in [-0.15, -0.1) is 24.8 Å². The van der Waals surface area contributed by atoms with Gasteiger partial charge in [-0.3, -0.25) is 9.69 Å². The molecule has 1 amide bonds. The van der Waals surface area contributed by atoms with E-state index in [0.717, 1.165) is 45.7 Å². The Morgan fingerprint density at radius 3 is 2.27 bits per heavy atom. The highest BCUT2D eigenvalue weighted by Crippen LogP contribution is 2.29. The van der Waals surface area contributed by atoms with Crippen LogP contribution in [-0.4, -0.2) is 69.5 Å². The van der Waals surface area contributed by atoms with Crippen LogP contribution >= 0.6 is 24.8 Å². The molecule has 0 saturated carbocycles. The fraction of sp³-hybridized carbons (Fsp3) is 0.929. The zero-order chi connectivity index (χ0) is 14.4. The van der Waals surface area contributed by atoms with Gasteiger partial charge in [0.25, 0.3) is 0 Å². The highest BCUT2D eigenvalue weighted by molar-refractivity contribution is 5.85. The monoisotopic (exact) mass is 357 g/mol. The Balaban J connectivity index is 0.00000220. The first-order valence-corrected chi connectivity index (χ1v) is 7.55. The number of nitrogens with two attached hydrogens (primary N) is 1. The molecule has 6 nitrogen and oxygen atoms in total. The van der Waals surface area contributed by atoms with E-state index in [2.05, 4.69) is 17.1 Å². The first-order chi connectivity index (χ1) is 9.66. The lowest BCUT2D eigenvalue weighted by Gasteiger charge is -2.36. The van der Waals surface area contributed by atoms with Gasteiger partial charge in [0, 0.05) is 45.4 Å². The number of hydrogen-bond donors (Lipinski definition) is 2. The molecule has 1 unspecified atom stereocenters. The molecule has 8 heteroatoms. The van der Waals surface area contributed by atoms with Crippen molar-refractivity contribution in [3.05, 3.63) is 0 Å². The first kappa shape index (κ1) is 21.9. The van der Waals surface area contributed by atoms with Gasteiger partial charge in [0.05, 0.1) is 18.6 Å². The van der Waals surface area contributed by atoms with Gasteiger partial charge in [0.15, 0.2) is 0 Å². The van der Waals surface area contributed by atoms with Gasteiger partial charge in [-0.25, -0.2) is 0 Å². The maximum Gasteiger partial charge on any atom is 0.227 e. The number of morpholine rings is 1. The molecule has 0 aromatic heterocycles. The number of nitrogens with zero attached hydrogens (tertiary/aromatic N) is 1. The summed E-state index contributed by atoms with van der Waals surface area (Å²) in [6.07, 6.45) is 1.44. The average Bonchev–Trinajstić information content (AvgIpc) is 2.48. The lowest BCUT2D eigenvalue weighted by molar-refractivity contribution is -0.136. The van der Waals surface area contributed by atoms with Gasteiger partial charge < -0.3 is 20.5 Å². The molecule has 0 spiro atoms. The number of carbonyl (C=O) groups is 1. The molecule has 0 aromatic rings. The number of hydrogen-bond acceptors (Lipinski definition) is 5. The molecule has 0 aliphatic carbocycles. The number of amides is 1. The van der Waals surface area contributed by atoms with Crippen molar-refractivity contribution >= 4 is 30.7 Å². The Labute approximate surface area is 145 Å². The van der Waals surface area contributed by atoms with E-state index in [0.29, 0.717) is 19.8 Å². The van der Waals surface area contributed by atoms with Crippen molar-refractivity contribution in [2.75, 3.05) is 52.6 Å². The van der Waals surface area contributed by atoms with Gasteiger partial charge in [-0.2, -0.15) is 0 Å². The van der Waals surface area contributed by atoms with E-state index in [1.54, 1.807) is 0 Å². The Morgan fingerprint density at radius 1 is 1.18 bits per heavy atom. The number of rotatable bonds is 5. The summed E-state index contributed by atoms with van der Waals surface area (Å²) in [6.45, 7) is 8.02. The molecular weight excluding hydrogens is 329 g/mol. The van der Waals surface area contributed by atoms with Crippen LogP contribution in [0.2, 0.25) is 0 Å². The lowest BCUT2D eigenvalue weighted by Crippen LogP contribution is -2.53. The third kappa shape index (κ3) is 5.83. The summed E-state index contributed by atoms with van der Waals surface area (Å²) < 4.78 is 10.7. The maximum absolute atomic E-state index is 12.5. The van der Waals surface area contributed by atoms with Crippen LogP contribution < -0.4 is 11.1 Å². The number of carbonyl (C=O) groups excluding carboxylic acids is 1. The molecule has 2 fully saturated rings. The minimum atomic E-state index is -0.433. The third-order valence-corrected chi connectivity index (χ3v) is 4.34. The van der Waals surface area contributed by atoms with E-state index >= 15 is 0 Å². The van der Waals surface area contributed by atoms with Crippen LogP contribution in [-0.2, 0) is 14.3 Å². The molecule has 0 radical (unpaired) electrons. The minimum absolute atomic E-state index is 0. The molecule has 2 heterocycles. The fourth-order valence-corrected chi connectivity index (χ4v) is 2.88. The van der Waals surface area contributed by atoms with Crippen molar-refractivity contribution in [2.45, 2.75) is 25.8 Å². The van der Waals surface area contributed by atoms with E-state index in [1.807, 2.05) is 0 Å². The van der Waals surface area contributed by atoms with Gasteiger partial charge >= 0.3 is 0 Å². The summed E-state index contributed by atoms with van der Waals surface area (Å²) in [5.41, 5.74) is 5.42. The summed E-state index contributed by atoms with van der Waals surface area (Å²) in [5.74, 6) is 0.0871. The minimum Gasteiger partial charge on any atom is -0.381 e. The predicted octanol–water partition coefficient (Wildman–Crippen LogP) is 0.422. The topological polar surface area (TPSA) is 76.8 Å². The predicted molar refractivity (Wildman–Crippen MR) is 90.9 cm³/mol. The molecule has 132 valence electrons. The largest absolute Gasteiger partial charge is 0.381 e. The van der Waals surface area contributed by atoms with Crippen molar-refractivity contribution in [1.29, 1.82) is 0 Å². The normalized spacial score (nSPS) is 22.8. The zero-order valence-corrected chi connectivity index (χ0v) is 14.8. The third-order valence-electron chi connectivity index (χ3n) is 4.34. The lowest BCUT2D eigenvalue weighted by atomic mass is 9.79. The zero-order valence-electron chi connectivity index (χ0n) is 13.2. The molecule has 2 rings (SSSR count). The summed E-state index contributed by atoms with van der Waals surface area (Å²) in [5, 5.41) is 3.13.